The maximum Gasteiger partial charge on any atom is 0.246 e. The normalized spacial score (nSPS) is 10.4. The summed E-state index contributed by atoms with van der Waals surface area (Å²) in [6.45, 7) is 2.27. The summed E-state index contributed by atoms with van der Waals surface area (Å²) in [5.74, 6) is 0.619. The van der Waals surface area contributed by atoms with E-state index in [1.807, 2.05) is 31.2 Å². The van der Waals surface area contributed by atoms with Gasteiger partial charge < -0.3 is 15.2 Å². The van der Waals surface area contributed by atoms with Crippen LogP contribution >= 0.6 is 12.2 Å². The molecule has 0 radical (unpaired) electrons. The number of aromatic nitrogens is 2. The number of rotatable bonds is 4. The predicted molar refractivity (Wildman–Crippen MR) is 93.9 cm³/mol. The molecule has 1 aromatic heterocycles. The summed E-state index contributed by atoms with van der Waals surface area (Å²) in [6, 6.07) is 13.9. The van der Waals surface area contributed by atoms with Crippen molar-refractivity contribution in [2.75, 3.05) is 5.32 Å². The topological polar surface area (TPSA) is 63.0 Å². The van der Waals surface area contributed by atoms with Crippen LogP contribution < -0.4 is 10.6 Å². The lowest BCUT2D eigenvalue weighted by Gasteiger charge is -2.08. The molecule has 0 aliphatic heterocycles. The molecule has 2 N–H and O–H groups in total. The van der Waals surface area contributed by atoms with Crippen LogP contribution in [0.3, 0.4) is 0 Å². The zero-order valence-corrected chi connectivity index (χ0v) is 13.7. The number of hydrogen-bond donors (Lipinski definition) is 2. The molecule has 0 fully saturated rings. The van der Waals surface area contributed by atoms with Crippen LogP contribution in [0.25, 0.3) is 11.4 Å². The third-order valence-electron chi connectivity index (χ3n) is 3.34. The SMILES string of the molecule is Cc1ccccc1-c1noc(CNC(=S)Nc2cccc(F)c2)n1. The van der Waals surface area contributed by atoms with Gasteiger partial charge in [0.05, 0.1) is 6.54 Å². The van der Waals surface area contributed by atoms with Gasteiger partial charge in [-0.1, -0.05) is 35.5 Å². The lowest BCUT2D eigenvalue weighted by molar-refractivity contribution is 0.376. The maximum absolute atomic E-state index is 13.1. The molecular weight excluding hydrogens is 327 g/mol. The van der Waals surface area contributed by atoms with E-state index in [-0.39, 0.29) is 12.4 Å². The van der Waals surface area contributed by atoms with E-state index >= 15 is 0 Å². The molecule has 1 heterocycles. The molecule has 7 heteroatoms. The summed E-state index contributed by atoms with van der Waals surface area (Å²) in [6.07, 6.45) is 0. The number of nitrogens with one attached hydrogen (secondary N) is 2. The van der Waals surface area contributed by atoms with Crippen LogP contribution in [0.2, 0.25) is 0 Å². The van der Waals surface area contributed by atoms with Crippen LogP contribution in [0.5, 0.6) is 0 Å². The molecule has 0 unspecified atom stereocenters. The van der Waals surface area contributed by atoms with Crippen molar-refractivity contribution in [1.82, 2.24) is 15.5 Å². The highest BCUT2D eigenvalue weighted by atomic mass is 32.1. The third-order valence-corrected chi connectivity index (χ3v) is 3.58. The Morgan fingerprint density at radius 2 is 2.04 bits per heavy atom. The highest BCUT2D eigenvalue weighted by Crippen LogP contribution is 2.19. The molecule has 0 bridgehead atoms. The van der Waals surface area contributed by atoms with Crippen LogP contribution in [-0.4, -0.2) is 15.3 Å². The lowest BCUT2D eigenvalue weighted by atomic mass is 10.1. The second-order valence-electron chi connectivity index (χ2n) is 5.14. The minimum Gasteiger partial charge on any atom is -0.353 e. The molecule has 3 rings (SSSR count). The van der Waals surface area contributed by atoms with E-state index in [4.69, 9.17) is 16.7 Å². The van der Waals surface area contributed by atoms with Crippen LogP contribution in [0.1, 0.15) is 11.5 Å². The quantitative estimate of drug-likeness (QED) is 0.706. The molecule has 2 aromatic carbocycles. The Balaban J connectivity index is 1.59. The smallest absolute Gasteiger partial charge is 0.246 e. The third kappa shape index (κ3) is 3.94. The second kappa shape index (κ2) is 7.18. The van der Waals surface area contributed by atoms with E-state index in [0.29, 0.717) is 22.5 Å². The lowest BCUT2D eigenvalue weighted by Crippen LogP contribution is -2.28. The van der Waals surface area contributed by atoms with Gasteiger partial charge in [-0.2, -0.15) is 4.98 Å². The first kappa shape index (κ1) is 16.1. The summed E-state index contributed by atoms with van der Waals surface area (Å²) in [7, 11) is 0. The van der Waals surface area contributed by atoms with Gasteiger partial charge in [-0.3, -0.25) is 0 Å². The van der Waals surface area contributed by atoms with E-state index in [2.05, 4.69) is 20.8 Å². The van der Waals surface area contributed by atoms with Crippen LogP contribution in [-0.2, 0) is 6.54 Å². The van der Waals surface area contributed by atoms with Crippen molar-refractivity contribution < 1.29 is 8.91 Å². The van der Waals surface area contributed by atoms with Crippen LogP contribution in [0.15, 0.2) is 53.1 Å². The minimum atomic E-state index is -0.331. The molecule has 0 saturated heterocycles. The van der Waals surface area contributed by atoms with Gasteiger partial charge in [-0.15, -0.1) is 0 Å². The van der Waals surface area contributed by atoms with E-state index in [0.717, 1.165) is 11.1 Å². The van der Waals surface area contributed by atoms with Gasteiger partial charge in [0.1, 0.15) is 5.82 Å². The number of benzene rings is 2. The number of hydrogen-bond acceptors (Lipinski definition) is 4. The van der Waals surface area contributed by atoms with Gasteiger partial charge in [0, 0.05) is 11.3 Å². The molecule has 0 aliphatic rings. The van der Waals surface area contributed by atoms with Gasteiger partial charge in [0.2, 0.25) is 11.7 Å². The summed E-state index contributed by atoms with van der Waals surface area (Å²) in [5, 5.41) is 10.2. The predicted octanol–water partition coefficient (Wildman–Crippen LogP) is 3.67. The van der Waals surface area contributed by atoms with Gasteiger partial charge in [-0.25, -0.2) is 4.39 Å². The largest absolute Gasteiger partial charge is 0.353 e. The Morgan fingerprint density at radius 1 is 1.21 bits per heavy atom. The second-order valence-corrected chi connectivity index (χ2v) is 5.55. The fourth-order valence-electron chi connectivity index (χ4n) is 2.16. The summed E-state index contributed by atoms with van der Waals surface area (Å²) in [4.78, 5) is 4.35. The number of nitrogens with zero attached hydrogens (tertiary/aromatic N) is 2. The Bertz CT molecular complexity index is 865. The van der Waals surface area contributed by atoms with Crippen molar-refractivity contribution in [3.05, 3.63) is 65.8 Å². The Kier molecular flexibility index (Phi) is 4.81. The number of aryl methyl sites for hydroxylation is 1. The van der Waals surface area contributed by atoms with Gasteiger partial charge >= 0.3 is 0 Å². The number of thiocarbonyl (C=S) groups is 1. The van der Waals surface area contributed by atoms with Crippen molar-refractivity contribution in [2.24, 2.45) is 0 Å². The van der Waals surface area contributed by atoms with Crippen LogP contribution in [0.4, 0.5) is 10.1 Å². The highest BCUT2D eigenvalue weighted by molar-refractivity contribution is 7.80. The first-order valence-electron chi connectivity index (χ1n) is 7.31. The van der Waals surface area contributed by atoms with Gasteiger partial charge in [0.15, 0.2) is 5.11 Å². The van der Waals surface area contributed by atoms with Gasteiger partial charge in [-0.05, 0) is 42.9 Å². The molecule has 0 amide bonds. The maximum atomic E-state index is 13.1. The molecule has 3 aromatic rings. The van der Waals surface area contributed by atoms with E-state index in [1.54, 1.807) is 12.1 Å². The van der Waals surface area contributed by atoms with Crippen molar-refractivity contribution in [2.45, 2.75) is 13.5 Å². The standard InChI is InChI=1S/C17H15FN4OS/c1-11-5-2-3-8-14(11)16-21-15(23-22-16)10-19-17(24)20-13-7-4-6-12(18)9-13/h2-9H,10H2,1H3,(H2,19,20,24). The monoisotopic (exact) mass is 342 g/mol. The molecule has 0 aliphatic carbocycles. The first-order valence-corrected chi connectivity index (χ1v) is 7.71. The highest BCUT2D eigenvalue weighted by Gasteiger charge is 2.10. The van der Waals surface area contributed by atoms with Crippen LogP contribution in [0, 0.1) is 12.7 Å². The summed E-state index contributed by atoms with van der Waals surface area (Å²) in [5.41, 5.74) is 2.56. The van der Waals surface area contributed by atoms with Crippen molar-refractivity contribution >= 4 is 23.0 Å². The molecular formula is C17H15FN4OS. The molecule has 122 valence electrons. The van der Waals surface area contributed by atoms with Crippen molar-refractivity contribution in [1.29, 1.82) is 0 Å². The molecule has 5 nitrogen and oxygen atoms in total. The summed E-state index contributed by atoms with van der Waals surface area (Å²) < 4.78 is 18.4. The van der Waals surface area contributed by atoms with E-state index < -0.39 is 0 Å². The Hall–Kier alpha value is -2.80. The first-order chi connectivity index (χ1) is 11.6. The average molecular weight is 342 g/mol. The Labute approximate surface area is 143 Å². The molecule has 0 atom stereocenters. The molecule has 0 saturated carbocycles. The zero-order valence-electron chi connectivity index (χ0n) is 12.9. The van der Waals surface area contributed by atoms with Crippen molar-refractivity contribution in [3.8, 4) is 11.4 Å². The number of anilines is 1. The van der Waals surface area contributed by atoms with Crippen molar-refractivity contribution in [3.63, 3.8) is 0 Å². The number of halogens is 1. The fourth-order valence-corrected chi connectivity index (χ4v) is 2.35. The molecule has 24 heavy (non-hydrogen) atoms. The minimum absolute atomic E-state index is 0.278. The average Bonchev–Trinajstić information content (AvgIpc) is 3.02. The fraction of sp³-hybridized carbons (Fsp3) is 0.118. The molecule has 0 spiro atoms. The Morgan fingerprint density at radius 3 is 2.83 bits per heavy atom. The zero-order chi connectivity index (χ0) is 16.9. The van der Waals surface area contributed by atoms with Gasteiger partial charge in [0.25, 0.3) is 0 Å². The summed E-state index contributed by atoms with van der Waals surface area (Å²) >= 11 is 5.16. The van der Waals surface area contributed by atoms with E-state index in [1.165, 1.54) is 12.1 Å². The van der Waals surface area contributed by atoms with E-state index in [9.17, 15) is 4.39 Å².